The van der Waals surface area contributed by atoms with Crippen LogP contribution in [0.4, 0.5) is 4.39 Å². The first-order valence-electron chi connectivity index (χ1n) is 7.84. The van der Waals surface area contributed by atoms with Crippen LogP contribution in [0, 0.1) is 5.82 Å². The minimum Gasteiger partial charge on any atom is -0.439 e. The van der Waals surface area contributed by atoms with Crippen LogP contribution in [-0.4, -0.2) is 29.2 Å². The van der Waals surface area contributed by atoms with E-state index in [9.17, 15) is 9.18 Å². The van der Waals surface area contributed by atoms with Crippen molar-refractivity contribution in [3.8, 4) is 17.5 Å². The second-order valence-electron chi connectivity index (χ2n) is 5.38. The van der Waals surface area contributed by atoms with Gasteiger partial charge in [-0.3, -0.25) is 9.32 Å². The van der Waals surface area contributed by atoms with Crippen LogP contribution in [-0.2, 0) is 11.2 Å². The van der Waals surface area contributed by atoms with E-state index in [-0.39, 0.29) is 30.2 Å². The van der Waals surface area contributed by atoms with Crippen LogP contribution in [0.1, 0.15) is 5.56 Å². The number of rotatable bonds is 7. The summed E-state index contributed by atoms with van der Waals surface area (Å²) in [6, 6.07) is 13.2. The minimum absolute atomic E-state index is 0.117. The Hall–Kier alpha value is -2.93. The fourth-order valence-electron chi connectivity index (χ4n) is 2.20. The van der Waals surface area contributed by atoms with E-state index in [0.29, 0.717) is 23.6 Å². The molecule has 134 valence electrons. The molecule has 0 aliphatic heterocycles. The lowest BCUT2D eigenvalue weighted by Crippen LogP contribution is -2.30. The molecule has 0 fully saturated rings. The summed E-state index contributed by atoms with van der Waals surface area (Å²) < 4.78 is 23.0. The third-order valence-electron chi connectivity index (χ3n) is 3.50. The molecule has 3 aromatic rings. The lowest BCUT2D eigenvalue weighted by Gasteiger charge is -2.05. The smallest absolute Gasteiger partial charge is 0.418 e. The van der Waals surface area contributed by atoms with Gasteiger partial charge in [0.1, 0.15) is 5.82 Å². The summed E-state index contributed by atoms with van der Waals surface area (Å²) in [5.74, 6) is -0.339. The highest BCUT2D eigenvalue weighted by atomic mass is 35.5. The predicted octanol–water partition coefficient (Wildman–Crippen LogP) is 3.27. The molecular formula is C18H15ClFN3O3. The summed E-state index contributed by atoms with van der Waals surface area (Å²) in [7, 11) is 0. The zero-order valence-corrected chi connectivity index (χ0v) is 14.4. The lowest BCUT2D eigenvalue weighted by molar-refractivity contribution is -0.123. The van der Waals surface area contributed by atoms with Crippen molar-refractivity contribution in [3.05, 3.63) is 64.9 Å². The highest BCUT2D eigenvalue weighted by Crippen LogP contribution is 2.26. The first-order chi connectivity index (χ1) is 12.6. The van der Waals surface area contributed by atoms with E-state index in [0.717, 1.165) is 5.56 Å². The average molecular weight is 376 g/mol. The van der Waals surface area contributed by atoms with Crippen LogP contribution in [0.3, 0.4) is 0 Å². The van der Waals surface area contributed by atoms with Crippen LogP contribution >= 0.6 is 11.6 Å². The van der Waals surface area contributed by atoms with E-state index < -0.39 is 0 Å². The zero-order valence-electron chi connectivity index (χ0n) is 13.6. The molecule has 26 heavy (non-hydrogen) atoms. The molecule has 0 spiro atoms. The average Bonchev–Trinajstić information content (AvgIpc) is 3.11. The van der Waals surface area contributed by atoms with Crippen LogP contribution in [0.2, 0.25) is 5.02 Å². The van der Waals surface area contributed by atoms with Gasteiger partial charge in [0, 0.05) is 12.1 Å². The van der Waals surface area contributed by atoms with Gasteiger partial charge in [-0.15, -0.1) is 0 Å². The van der Waals surface area contributed by atoms with Gasteiger partial charge in [-0.1, -0.05) is 41.0 Å². The maximum Gasteiger partial charge on any atom is 0.418 e. The highest BCUT2D eigenvalue weighted by molar-refractivity contribution is 6.33. The Bertz CT molecular complexity index is 883. The van der Waals surface area contributed by atoms with Gasteiger partial charge in [0.25, 0.3) is 5.91 Å². The van der Waals surface area contributed by atoms with E-state index in [4.69, 9.17) is 20.9 Å². The number of carbonyl (C=O) groups excluding carboxylic acids is 1. The molecule has 1 amide bonds. The monoisotopic (exact) mass is 375 g/mol. The number of amides is 1. The van der Waals surface area contributed by atoms with Gasteiger partial charge in [0.2, 0.25) is 5.82 Å². The number of aromatic nitrogens is 2. The molecule has 1 heterocycles. The molecule has 0 aliphatic carbocycles. The molecule has 6 nitrogen and oxygen atoms in total. The number of hydrogen-bond acceptors (Lipinski definition) is 5. The quantitative estimate of drug-likeness (QED) is 0.685. The van der Waals surface area contributed by atoms with Crippen LogP contribution < -0.4 is 10.1 Å². The third kappa shape index (κ3) is 4.80. The zero-order chi connectivity index (χ0) is 18.4. The lowest BCUT2D eigenvalue weighted by atomic mass is 10.1. The Kier molecular flexibility index (Phi) is 5.80. The van der Waals surface area contributed by atoms with E-state index >= 15 is 0 Å². The van der Waals surface area contributed by atoms with Gasteiger partial charge < -0.3 is 10.1 Å². The second-order valence-corrected chi connectivity index (χ2v) is 5.79. The first-order valence-corrected chi connectivity index (χ1v) is 8.22. The molecule has 0 saturated heterocycles. The standard InChI is InChI=1S/C18H15ClFN3O3/c19-15-4-2-1-3-14(15)17-22-18(26-23-17)25-11-16(24)21-10-9-12-5-7-13(20)8-6-12/h1-8H,9-11H2,(H,21,24). The summed E-state index contributed by atoms with van der Waals surface area (Å²) in [5.41, 5.74) is 1.53. The summed E-state index contributed by atoms with van der Waals surface area (Å²) >= 11 is 6.06. The number of ether oxygens (including phenoxy) is 1. The number of nitrogens with zero attached hydrogens (tertiary/aromatic N) is 2. The molecule has 0 bridgehead atoms. The van der Waals surface area contributed by atoms with Gasteiger partial charge in [-0.05, 0) is 36.2 Å². The molecule has 0 atom stereocenters. The number of hydrogen-bond donors (Lipinski definition) is 1. The van der Waals surface area contributed by atoms with E-state index in [1.807, 2.05) is 0 Å². The molecular weight excluding hydrogens is 361 g/mol. The van der Waals surface area contributed by atoms with Gasteiger partial charge in [-0.2, -0.15) is 4.98 Å². The van der Waals surface area contributed by atoms with Gasteiger partial charge in [0.15, 0.2) is 6.61 Å². The molecule has 0 radical (unpaired) electrons. The van der Waals surface area contributed by atoms with E-state index in [1.54, 1.807) is 36.4 Å². The highest BCUT2D eigenvalue weighted by Gasteiger charge is 2.13. The molecule has 1 N–H and O–H groups in total. The van der Waals surface area contributed by atoms with Crippen molar-refractivity contribution in [2.75, 3.05) is 13.2 Å². The Labute approximate surface area is 153 Å². The minimum atomic E-state index is -0.329. The fraction of sp³-hybridized carbons (Fsp3) is 0.167. The molecule has 2 aromatic carbocycles. The summed E-state index contributed by atoms with van der Waals surface area (Å²) in [5, 5.41) is 6.96. The Morgan fingerprint density at radius 1 is 1.19 bits per heavy atom. The Morgan fingerprint density at radius 2 is 1.96 bits per heavy atom. The summed E-state index contributed by atoms with van der Waals surface area (Å²) in [6.45, 7) is 0.149. The number of halogens is 2. The van der Waals surface area contributed by atoms with Crippen molar-refractivity contribution in [1.29, 1.82) is 0 Å². The van der Waals surface area contributed by atoms with Crippen LogP contribution in [0.15, 0.2) is 53.1 Å². The third-order valence-corrected chi connectivity index (χ3v) is 3.83. The van der Waals surface area contributed by atoms with Crippen molar-refractivity contribution >= 4 is 17.5 Å². The number of nitrogens with one attached hydrogen (secondary N) is 1. The predicted molar refractivity (Wildman–Crippen MR) is 93.4 cm³/mol. The normalized spacial score (nSPS) is 10.5. The van der Waals surface area contributed by atoms with Gasteiger partial charge >= 0.3 is 6.08 Å². The van der Waals surface area contributed by atoms with Crippen LogP contribution in [0.25, 0.3) is 11.4 Å². The van der Waals surface area contributed by atoms with Gasteiger partial charge in [-0.25, -0.2) is 4.39 Å². The maximum atomic E-state index is 12.8. The first kappa shape index (κ1) is 17.9. The molecule has 0 saturated carbocycles. The SMILES string of the molecule is O=C(COc1nc(-c2ccccc2Cl)no1)NCCc1ccc(F)cc1. The van der Waals surface area contributed by atoms with Crippen molar-refractivity contribution < 1.29 is 18.4 Å². The fourth-order valence-corrected chi connectivity index (χ4v) is 2.42. The van der Waals surface area contributed by atoms with E-state index in [1.165, 1.54) is 12.1 Å². The van der Waals surface area contributed by atoms with Crippen molar-refractivity contribution in [2.24, 2.45) is 0 Å². The van der Waals surface area contributed by atoms with E-state index in [2.05, 4.69) is 15.5 Å². The van der Waals surface area contributed by atoms with Crippen molar-refractivity contribution in [1.82, 2.24) is 15.5 Å². The summed E-state index contributed by atoms with van der Waals surface area (Å²) in [6.07, 6.45) is 0.470. The van der Waals surface area contributed by atoms with Crippen LogP contribution in [0.5, 0.6) is 6.08 Å². The Morgan fingerprint density at radius 3 is 2.73 bits per heavy atom. The molecule has 8 heteroatoms. The van der Waals surface area contributed by atoms with Crippen molar-refractivity contribution in [3.63, 3.8) is 0 Å². The number of carbonyl (C=O) groups is 1. The Balaban J connectivity index is 1.45. The molecule has 0 unspecified atom stereocenters. The number of benzene rings is 2. The topological polar surface area (TPSA) is 77.2 Å². The second kappa shape index (κ2) is 8.44. The molecule has 3 rings (SSSR count). The summed E-state index contributed by atoms with van der Waals surface area (Å²) in [4.78, 5) is 15.8. The molecule has 1 aromatic heterocycles. The molecule has 0 aliphatic rings. The van der Waals surface area contributed by atoms with Gasteiger partial charge in [0.05, 0.1) is 5.02 Å². The van der Waals surface area contributed by atoms with Crippen molar-refractivity contribution in [2.45, 2.75) is 6.42 Å². The maximum absolute atomic E-state index is 12.8. The largest absolute Gasteiger partial charge is 0.439 e.